The van der Waals surface area contributed by atoms with E-state index < -0.39 is 6.10 Å². The average molecular weight is 342 g/mol. The average Bonchev–Trinajstić information content (AvgIpc) is 2.61. The third-order valence-electron chi connectivity index (χ3n) is 4.40. The van der Waals surface area contributed by atoms with Crippen LogP contribution in [0.1, 0.15) is 64.7 Å². The number of morpholine rings is 1. The number of hydrogen-bond donors (Lipinski definition) is 2. The van der Waals surface area contributed by atoms with Gasteiger partial charge >= 0.3 is 0 Å². The monoisotopic (exact) mass is 342 g/mol. The van der Waals surface area contributed by atoms with E-state index in [0.717, 1.165) is 19.3 Å². The number of carbonyl (C=O) groups is 2. The van der Waals surface area contributed by atoms with Crippen LogP contribution in [0.5, 0.6) is 0 Å². The Morgan fingerprint density at radius 2 is 1.75 bits per heavy atom. The molecule has 1 unspecified atom stereocenters. The van der Waals surface area contributed by atoms with Crippen LogP contribution in [0, 0.1) is 0 Å². The van der Waals surface area contributed by atoms with Crippen molar-refractivity contribution in [3.8, 4) is 0 Å². The molecule has 0 saturated carbocycles. The first kappa shape index (κ1) is 20.9. The summed E-state index contributed by atoms with van der Waals surface area (Å²) in [5.74, 6) is -0.238. The molecule has 6 heteroatoms. The van der Waals surface area contributed by atoms with Gasteiger partial charge in [-0.2, -0.15) is 0 Å². The fourth-order valence-electron chi connectivity index (χ4n) is 2.79. The highest BCUT2D eigenvalue weighted by Gasteiger charge is 2.17. The summed E-state index contributed by atoms with van der Waals surface area (Å²) in [6.07, 6.45) is 8.26. The zero-order chi connectivity index (χ0) is 17.6. The molecular formula is C18H34N2O4. The third-order valence-corrected chi connectivity index (χ3v) is 4.40. The molecule has 6 nitrogen and oxygen atoms in total. The number of unbranched alkanes of at least 4 members (excludes halogenated alkanes) is 5. The number of aliphatic hydroxyl groups is 1. The van der Waals surface area contributed by atoms with Crippen molar-refractivity contribution in [3.63, 3.8) is 0 Å². The molecule has 0 aromatic carbocycles. The molecule has 2 N–H and O–H groups in total. The lowest BCUT2D eigenvalue weighted by atomic mass is 10.0. The number of ether oxygens (including phenoxy) is 1. The molecule has 0 spiro atoms. The molecule has 2 amide bonds. The molecule has 1 aliphatic heterocycles. The second-order valence-corrected chi connectivity index (χ2v) is 6.52. The van der Waals surface area contributed by atoms with E-state index in [4.69, 9.17) is 4.74 Å². The Morgan fingerprint density at radius 1 is 1.08 bits per heavy atom. The van der Waals surface area contributed by atoms with Gasteiger partial charge in [-0.1, -0.05) is 45.4 Å². The second-order valence-electron chi connectivity index (χ2n) is 6.52. The van der Waals surface area contributed by atoms with Crippen LogP contribution >= 0.6 is 0 Å². The van der Waals surface area contributed by atoms with E-state index in [-0.39, 0.29) is 24.8 Å². The van der Waals surface area contributed by atoms with E-state index in [2.05, 4.69) is 12.2 Å². The predicted octanol–water partition coefficient (Wildman–Crippen LogP) is 1.85. The highest BCUT2D eigenvalue weighted by molar-refractivity contribution is 5.84. The van der Waals surface area contributed by atoms with Gasteiger partial charge in [0, 0.05) is 19.5 Å². The Kier molecular flexibility index (Phi) is 11.5. The van der Waals surface area contributed by atoms with E-state index >= 15 is 0 Å². The SMILES string of the molecule is CCCCCCCCC(O)CCC(=O)NCC(=O)N1CCOCC1. The lowest BCUT2D eigenvalue weighted by Crippen LogP contribution is -2.45. The summed E-state index contributed by atoms with van der Waals surface area (Å²) in [5.41, 5.74) is 0. The minimum Gasteiger partial charge on any atom is -0.393 e. The molecule has 1 fully saturated rings. The summed E-state index contributed by atoms with van der Waals surface area (Å²) >= 11 is 0. The Morgan fingerprint density at radius 3 is 2.46 bits per heavy atom. The highest BCUT2D eigenvalue weighted by atomic mass is 16.5. The maximum absolute atomic E-state index is 11.9. The Bertz CT molecular complexity index is 357. The van der Waals surface area contributed by atoms with Crippen LogP contribution in [0.25, 0.3) is 0 Å². The first-order valence-electron chi connectivity index (χ1n) is 9.43. The number of nitrogens with zero attached hydrogens (tertiary/aromatic N) is 1. The van der Waals surface area contributed by atoms with E-state index in [9.17, 15) is 14.7 Å². The van der Waals surface area contributed by atoms with Gasteiger partial charge in [-0.3, -0.25) is 9.59 Å². The molecular weight excluding hydrogens is 308 g/mol. The number of carbonyl (C=O) groups excluding carboxylic acids is 2. The van der Waals surface area contributed by atoms with Gasteiger partial charge in [-0.25, -0.2) is 0 Å². The van der Waals surface area contributed by atoms with E-state index in [1.54, 1.807) is 4.90 Å². The van der Waals surface area contributed by atoms with Gasteiger partial charge in [0.2, 0.25) is 11.8 Å². The van der Waals surface area contributed by atoms with Crippen LogP contribution in [0.4, 0.5) is 0 Å². The molecule has 140 valence electrons. The zero-order valence-corrected chi connectivity index (χ0v) is 15.1. The minimum atomic E-state index is -0.420. The van der Waals surface area contributed by atoms with Crippen molar-refractivity contribution in [2.24, 2.45) is 0 Å². The van der Waals surface area contributed by atoms with Crippen LogP contribution in [-0.4, -0.2) is 60.8 Å². The van der Waals surface area contributed by atoms with Gasteiger partial charge in [-0.15, -0.1) is 0 Å². The summed E-state index contributed by atoms with van der Waals surface area (Å²) < 4.78 is 5.19. The van der Waals surface area contributed by atoms with Crippen molar-refractivity contribution in [2.75, 3.05) is 32.8 Å². The van der Waals surface area contributed by atoms with Crippen LogP contribution in [0.2, 0.25) is 0 Å². The van der Waals surface area contributed by atoms with Crippen molar-refractivity contribution in [2.45, 2.75) is 70.8 Å². The summed E-state index contributed by atoms with van der Waals surface area (Å²) in [6, 6.07) is 0. The minimum absolute atomic E-state index is 0.0341. The molecule has 1 aliphatic rings. The first-order chi connectivity index (χ1) is 11.6. The topological polar surface area (TPSA) is 78.9 Å². The fraction of sp³-hybridized carbons (Fsp3) is 0.889. The number of amides is 2. The summed E-state index contributed by atoms with van der Waals surface area (Å²) in [6.45, 7) is 4.53. The zero-order valence-electron chi connectivity index (χ0n) is 15.1. The smallest absolute Gasteiger partial charge is 0.242 e. The quantitative estimate of drug-likeness (QED) is 0.531. The van der Waals surface area contributed by atoms with Gasteiger partial charge in [-0.05, 0) is 12.8 Å². The Labute approximate surface area is 145 Å². The Balaban J connectivity index is 2.00. The summed E-state index contributed by atoms with van der Waals surface area (Å²) in [5, 5.41) is 12.6. The third kappa shape index (κ3) is 9.88. The predicted molar refractivity (Wildman–Crippen MR) is 93.6 cm³/mol. The number of rotatable bonds is 12. The number of nitrogens with one attached hydrogen (secondary N) is 1. The van der Waals surface area contributed by atoms with Crippen LogP contribution in [0.15, 0.2) is 0 Å². The number of hydrogen-bond acceptors (Lipinski definition) is 4. The summed E-state index contributed by atoms with van der Waals surface area (Å²) in [4.78, 5) is 25.4. The maximum Gasteiger partial charge on any atom is 0.242 e. The lowest BCUT2D eigenvalue weighted by molar-refractivity contribution is -0.136. The molecule has 1 heterocycles. The lowest BCUT2D eigenvalue weighted by Gasteiger charge is -2.26. The van der Waals surface area contributed by atoms with Gasteiger partial charge in [0.05, 0.1) is 25.9 Å². The van der Waals surface area contributed by atoms with Crippen molar-refractivity contribution in [1.82, 2.24) is 10.2 Å². The molecule has 1 rings (SSSR count). The van der Waals surface area contributed by atoms with Crippen molar-refractivity contribution in [3.05, 3.63) is 0 Å². The normalized spacial score (nSPS) is 16.0. The Hall–Kier alpha value is -1.14. The van der Waals surface area contributed by atoms with E-state index in [1.165, 1.54) is 25.7 Å². The van der Waals surface area contributed by atoms with Gasteiger partial charge in [0.25, 0.3) is 0 Å². The van der Waals surface area contributed by atoms with Crippen LogP contribution < -0.4 is 5.32 Å². The first-order valence-corrected chi connectivity index (χ1v) is 9.43. The molecule has 0 aromatic rings. The molecule has 1 atom stereocenters. The summed E-state index contributed by atoms with van der Waals surface area (Å²) in [7, 11) is 0. The largest absolute Gasteiger partial charge is 0.393 e. The molecule has 24 heavy (non-hydrogen) atoms. The maximum atomic E-state index is 11.9. The van der Waals surface area contributed by atoms with E-state index in [0.29, 0.717) is 32.7 Å². The van der Waals surface area contributed by atoms with E-state index in [1.807, 2.05) is 0 Å². The van der Waals surface area contributed by atoms with Gasteiger partial charge in [0.1, 0.15) is 0 Å². The molecule has 0 bridgehead atoms. The second kappa shape index (κ2) is 13.2. The van der Waals surface area contributed by atoms with Crippen LogP contribution in [0.3, 0.4) is 0 Å². The standard InChI is InChI=1S/C18H34N2O4/c1-2-3-4-5-6-7-8-16(21)9-10-17(22)19-15-18(23)20-11-13-24-14-12-20/h16,21H,2-15H2,1H3,(H,19,22). The van der Waals surface area contributed by atoms with Gasteiger partial charge in [0.15, 0.2) is 0 Å². The van der Waals surface area contributed by atoms with Crippen LogP contribution in [-0.2, 0) is 14.3 Å². The molecule has 0 aromatic heterocycles. The molecule has 1 saturated heterocycles. The highest BCUT2D eigenvalue weighted by Crippen LogP contribution is 2.11. The molecule has 0 aliphatic carbocycles. The van der Waals surface area contributed by atoms with Crippen molar-refractivity contribution >= 4 is 11.8 Å². The van der Waals surface area contributed by atoms with Crippen molar-refractivity contribution in [1.29, 1.82) is 0 Å². The fourth-order valence-corrected chi connectivity index (χ4v) is 2.79. The molecule has 0 radical (unpaired) electrons. The number of aliphatic hydroxyl groups excluding tert-OH is 1. The van der Waals surface area contributed by atoms with Crippen molar-refractivity contribution < 1.29 is 19.4 Å². The van der Waals surface area contributed by atoms with Gasteiger partial charge < -0.3 is 20.1 Å².